The van der Waals surface area contributed by atoms with Gasteiger partial charge in [-0.25, -0.2) is 0 Å². The molecule has 0 spiro atoms. The fourth-order valence-electron chi connectivity index (χ4n) is 1.27. The van der Waals surface area contributed by atoms with E-state index in [0.29, 0.717) is 6.10 Å². The summed E-state index contributed by atoms with van der Waals surface area (Å²) in [7, 11) is 1.73. The summed E-state index contributed by atoms with van der Waals surface area (Å²) in [4.78, 5) is 0. The summed E-state index contributed by atoms with van der Waals surface area (Å²) in [6.07, 6.45) is 6.73. The van der Waals surface area contributed by atoms with Crippen LogP contribution in [0.2, 0.25) is 0 Å². The fourth-order valence-corrected chi connectivity index (χ4v) is 1.27. The van der Waals surface area contributed by atoms with E-state index in [1.807, 2.05) is 0 Å². The normalized spacial score (nSPS) is 24.0. The summed E-state index contributed by atoms with van der Waals surface area (Å²) < 4.78 is 10.5. The molecule has 0 aromatic heterocycles. The Morgan fingerprint density at radius 1 is 1.69 bits per heavy atom. The number of allylic oxidation sites excluding steroid dienone is 1. The number of rotatable bonds is 5. The van der Waals surface area contributed by atoms with Crippen LogP contribution < -0.4 is 5.32 Å². The highest BCUT2D eigenvalue weighted by molar-refractivity contribution is 4.83. The first-order valence-corrected chi connectivity index (χ1v) is 4.87. The van der Waals surface area contributed by atoms with Crippen molar-refractivity contribution < 1.29 is 9.47 Å². The van der Waals surface area contributed by atoms with E-state index in [4.69, 9.17) is 9.47 Å². The van der Waals surface area contributed by atoms with Crippen LogP contribution >= 0.6 is 0 Å². The molecule has 2 unspecified atom stereocenters. The van der Waals surface area contributed by atoms with E-state index >= 15 is 0 Å². The van der Waals surface area contributed by atoms with Gasteiger partial charge in [0.2, 0.25) is 0 Å². The van der Waals surface area contributed by atoms with Crippen molar-refractivity contribution >= 4 is 0 Å². The van der Waals surface area contributed by atoms with Crippen LogP contribution in [0.3, 0.4) is 0 Å². The number of ether oxygens (including phenoxy) is 2. The second-order valence-corrected chi connectivity index (χ2v) is 3.41. The molecule has 0 amide bonds. The van der Waals surface area contributed by atoms with Gasteiger partial charge in [0.25, 0.3) is 0 Å². The van der Waals surface area contributed by atoms with Crippen LogP contribution in [0.25, 0.3) is 0 Å². The van der Waals surface area contributed by atoms with Crippen LogP contribution in [0.15, 0.2) is 12.3 Å². The topological polar surface area (TPSA) is 30.5 Å². The van der Waals surface area contributed by atoms with Gasteiger partial charge in [0.15, 0.2) is 0 Å². The SMILES string of the molecule is COC(C)CNCC1CCC=CO1. The lowest BCUT2D eigenvalue weighted by Gasteiger charge is -2.20. The Kier molecular flexibility index (Phi) is 4.86. The third-order valence-electron chi connectivity index (χ3n) is 2.23. The first-order chi connectivity index (χ1) is 6.33. The van der Waals surface area contributed by atoms with Gasteiger partial charge in [-0.05, 0) is 25.8 Å². The lowest BCUT2D eigenvalue weighted by molar-refractivity contribution is 0.0979. The standard InChI is InChI=1S/C10H19NO2/c1-9(12-2)7-11-8-10-5-3-4-6-13-10/h4,6,9-11H,3,5,7-8H2,1-2H3. The molecule has 1 aliphatic heterocycles. The van der Waals surface area contributed by atoms with Crippen LogP contribution in [0.1, 0.15) is 19.8 Å². The third-order valence-corrected chi connectivity index (χ3v) is 2.23. The summed E-state index contributed by atoms with van der Waals surface area (Å²) in [6, 6.07) is 0. The van der Waals surface area contributed by atoms with Gasteiger partial charge in [-0.2, -0.15) is 0 Å². The Labute approximate surface area is 80.1 Å². The quantitative estimate of drug-likeness (QED) is 0.700. The van der Waals surface area contributed by atoms with E-state index < -0.39 is 0 Å². The molecule has 0 saturated heterocycles. The molecule has 0 aromatic carbocycles. The monoisotopic (exact) mass is 185 g/mol. The van der Waals surface area contributed by atoms with Gasteiger partial charge in [0.05, 0.1) is 12.4 Å². The molecule has 1 N–H and O–H groups in total. The Morgan fingerprint density at radius 3 is 3.15 bits per heavy atom. The summed E-state index contributed by atoms with van der Waals surface area (Å²) in [5.74, 6) is 0. The maximum absolute atomic E-state index is 5.41. The maximum Gasteiger partial charge on any atom is 0.110 e. The fraction of sp³-hybridized carbons (Fsp3) is 0.800. The molecule has 0 radical (unpaired) electrons. The first kappa shape index (κ1) is 10.5. The van der Waals surface area contributed by atoms with Crippen LogP contribution in [-0.2, 0) is 9.47 Å². The van der Waals surface area contributed by atoms with Crippen LogP contribution in [0.5, 0.6) is 0 Å². The lowest BCUT2D eigenvalue weighted by atomic mass is 10.1. The summed E-state index contributed by atoms with van der Waals surface area (Å²) in [5.41, 5.74) is 0. The molecule has 1 rings (SSSR count). The average Bonchev–Trinajstić information content (AvgIpc) is 2.19. The molecule has 1 heterocycles. The summed E-state index contributed by atoms with van der Waals surface area (Å²) in [6.45, 7) is 3.85. The number of hydrogen-bond donors (Lipinski definition) is 1. The van der Waals surface area contributed by atoms with Crippen molar-refractivity contribution in [1.29, 1.82) is 0 Å². The zero-order chi connectivity index (χ0) is 9.52. The van der Waals surface area contributed by atoms with Crippen molar-refractivity contribution in [3.8, 4) is 0 Å². The van der Waals surface area contributed by atoms with Gasteiger partial charge in [-0.15, -0.1) is 0 Å². The second kappa shape index (κ2) is 6.00. The van der Waals surface area contributed by atoms with Crippen LogP contribution in [-0.4, -0.2) is 32.4 Å². The van der Waals surface area contributed by atoms with E-state index in [0.717, 1.165) is 25.9 Å². The number of hydrogen-bond acceptors (Lipinski definition) is 3. The molecule has 0 aliphatic carbocycles. The van der Waals surface area contributed by atoms with Crippen molar-refractivity contribution in [1.82, 2.24) is 5.32 Å². The molecular weight excluding hydrogens is 166 g/mol. The van der Waals surface area contributed by atoms with E-state index in [9.17, 15) is 0 Å². The zero-order valence-corrected chi connectivity index (χ0v) is 8.45. The Balaban J connectivity index is 2.02. The molecule has 0 fully saturated rings. The van der Waals surface area contributed by atoms with Crippen LogP contribution in [0.4, 0.5) is 0 Å². The minimum atomic E-state index is 0.277. The largest absolute Gasteiger partial charge is 0.497 e. The Morgan fingerprint density at radius 2 is 2.54 bits per heavy atom. The van der Waals surface area contributed by atoms with Crippen molar-refractivity contribution in [3.05, 3.63) is 12.3 Å². The number of nitrogens with one attached hydrogen (secondary N) is 1. The van der Waals surface area contributed by atoms with Crippen molar-refractivity contribution in [2.24, 2.45) is 0 Å². The lowest BCUT2D eigenvalue weighted by Crippen LogP contribution is -2.34. The second-order valence-electron chi connectivity index (χ2n) is 3.41. The minimum absolute atomic E-state index is 0.277. The van der Waals surface area contributed by atoms with Gasteiger partial charge < -0.3 is 14.8 Å². The molecule has 3 nitrogen and oxygen atoms in total. The van der Waals surface area contributed by atoms with Gasteiger partial charge in [-0.1, -0.05) is 0 Å². The zero-order valence-electron chi connectivity index (χ0n) is 8.45. The van der Waals surface area contributed by atoms with E-state index in [1.54, 1.807) is 13.4 Å². The molecule has 3 heteroatoms. The van der Waals surface area contributed by atoms with Gasteiger partial charge >= 0.3 is 0 Å². The van der Waals surface area contributed by atoms with Crippen LogP contribution in [0, 0.1) is 0 Å². The van der Waals surface area contributed by atoms with Crippen molar-refractivity contribution in [3.63, 3.8) is 0 Å². The maximum atomic E-state index is 5.41. The Bertz CT molecular complexity index is 159. The highest BCUT2D eigenvalue weighted by atomic mass is 16.5. The Hall–Kier alpha value is -0.540. The van der Waals surface area contributed by atoms with Gasteiger partial charge in [-0.3, -0.25) is 0 Å². The minimum Gasteiger partial charge on any atom is -0.497 e. The molecule has 0 aromatic rings. The molecule has 13 heavy (non-hydrogen) atoms. The molecular formula is C10H19NO2. The van der Waals surface area contributed by atoms with E-state index in [1.165, 1.54) is 0 Å². The molecule has 2 atom stereocenters. The molecule has 76 valence electrons. The number of methoxy groups -OCH3 is 1. The highest BCUT2D eigenvalue weighted by Gasteiger charge is 2.10. The van der Waals surface area contributed by atoms with Crippen molar-refractivity contribution in [2.45, 2.75) is 32.0 Å². The van der Waals surface area contributed by atoms with Crippen molar-refractivity contribution in [2.75, 3.05) is 20.2 Å². The highest BCUT2D eigenvalue weighted by Crippen LogP contribution is 2.08. The van der Waals surface area contributed by atoms with E-state index in [2.05, 4.69) is 18.3 Å². The summed E-state index contributed by atoms with van der Waals surface area (Å²) >= 11 is 0. The molecule has 1 aliphatic rings. The van der Waals surface area contributed by atoms with E-state index in [-0.39, 0.29) is 6.10 Å². The first-order valence-electron chi connectivity index (χ1n) is 4.87. The predicted octanol–water partition coefficient (Wildman–Crippen LogP) is 1.30. The smallest absolute Gasteiger partial charge is 0.110 e. The van der Waals surface area contributed by atoms with Gasteiger partial charge in [0, 0.05) is 20.2 Å². The predicted molar refractivity (Wildman–Crippen MR) is 52.6 cm³/mol. The average molecular weight is 185 g/mol. The molecule has 0 bridgehead atoms. The third kappa shape index (κ3) is 4.29. The molecule has 0 saturated carbocycles. The van der Waals surface area contributed by atoms with Gasteiger partial charge in [0.1, 0.15) is 6.10 Å². The summed E-state index contributed by atoms with van der Waals surface area (Å²) in [5, 5.41) is 3.32.